The van der Waals surface area contributed by atoms with Crippen molar-refractivity contribution in [2.45, 2.75) is 0 Å². The van der Waals surface area contributed by atoms with E-state index in [1.165, 1.54) is 3.51 Å². The monoisotopic (exact) mass is 342 g/mol. The second kappa shape index (κ2) is 13.8. The Balaban J connectivity index is -0.0000000612. The predicted molar refractivity (Wildman–Crippen MR) is 60.8 cm³/mol. The number of benzene rings is 1. The van der Waals surface area contributed by atoms with Crippen LogP contribution in [0.5, 0.6) is 0 Å². The molecule has 1 aromatic rings. The fraction of sp³-hybridized carbons (Fsp3) is 0. The second-order valence-corrected chi connectivity index (χ2v) is 2.81. The summed E-state index contributed by atoms with van der Waals surface area (Å²) in [4.78, 5) is 0. The molecule has 1 rings (SSSR count). The van der Waals surface area contributed by atoms with Crippen molar-refractivity contribution in [2.75, 3.05) is 0 Å². The molecule has 0 aliphatic rings. The first-order valence-electron chi connectivity index (χ1n) is 2.13. The molecule has 0 spiro atoms. The summed E-state index contributed by atoms with van der Waals surface area (Å²) in [6.07, 6.45) is 0. The average Bonchev–Trinajstić information content (AvgIpc) is 1.69. The molecule has 66 valence electrons. The number of hydrogen-bond acceptors (Lipinski definition) is 0. The van der Waals surface area contributed by atoms with Crippen molar-refractivity contribution in [2.24, 2.45) is 0 Å². The van der Waals surface area contributed by atoms with E-state index in [0.717, 1.165) is 0 Å². The summed E-state index contributed by atoms with van der Waals surface area (Å²) < 4.78 is 1.37. The van der Waals surface area contributed by atoms with E-state index >= 15 is 0 Å². The molecule has 0 saturated heterocycles. The van der Waals surface area contributed by atoms with Crippen LogP contribution in [0.2, 0.25) is 0 Å². The first-order chi connectivity index (χ1) is 3.39. The SMILES string of the molecule is Cl.Cl.Cl.Cl.[Sb][c]1ccccc1. The van der Waals surface area contributed by atoms with E-state index in [1.807, 2.05) is 18.2 Å². The van der Waals surface area contributed by atoms with E-state index in [9.17, 15) is 0 Å². The molecular formula is C6H9Cl4Sb. The molecule has 11 heavy (non-hydrogen) atoms. The molecule has 5 heteroatoms. The molecule has 2 radical (unpaired) electrons. The molecule has 0 nitrogen and oxygen atoms in total. The van der Waals surface area contributed by atoms with Crippen molar-refractivity contribution in [3.63, 3.8) is 0 Å². The molecule has 0 aliphatic heterocycles. The van der Waals surface area contributed by atoms with Crippen molar-refractivity contribution in [1.82, 2.24) is 0 Å². The molecule has 0 fully saturated rings. The van der Waals surface area contributed by atoms with Crippen molar-refractivity contribution in [3.05, 3.63) is 30.3 Å². The summed E-state index contributed by atoms with van der Waals surface area (Å²) in [5.41, 5.74) is 0. The number of hydrogen-bond donors (Lipinski definition) is 0. The number of halogens is 4. The van der Waals surface area contributed by atoms with E-state index in [4.69, 9.17) is 0 Å². The normalized spacial score (nSPS) is 5.55. The van der Waals surface area contributed by atoms with Gasteiger partial charge in [0.05, 0.1) is 0 Å². The van der Waals surface area contributed by atoms with Gasteiger partial charge in [0, 0.05) is 0 Å². The van der Waals surface area contributed by atoms with Crippen LogP contribution >= 0.6 is 49.6 Å². The molecule has 1 aromatic carbocycles. The topological polar surface area (TPSA) is 0 Å². The Labute approximate surface area is 106 Å². The van der Waals surface area contributed by atoms with Gasteiger partial charge in [-0.15, -0.1) is 49.6 Å². The maximum absolute atomic E-state index is 2.11. The molecule has 0 heterocycles. The zero-order chi connectivity index (χ0) is 5.11. The van der Waals surface area contributed by atoms with E-state index in [2.05, 4.69) is 12.1 Å². The first-order valence-corrected chi connectivity index (χ1v) is 3.41. The zero-order valence-corrected chi connectivity index (χ0v) is 11.3. The third-order valence-electron chi connectivity index (χ3n) is 0.756. The van der Waals surface area contributed by atoms with Crippen molar-refractivity contribution in [1.29, 1.82) is 0 Å². The predicted octanol–water partition coefficient (Wildman–Crippen LogP) is 2.17. The van der Waals surface area contributed by atoms with Crippen LogP contribution in [0.1, 0.15) is 0 Å². The fourth-order valence-electron chi connectivity index (χ4n) is 0.428. The Morgan fingerprint density at radius 3 is 1.27 bits per heavy atom. The van der Waals surface area contributed by atoms with Crippen LogP contribution in [0.3, 0.4) is 0 Å². The van der Waals surface area contributed by atoms with E-state index in [1.54, 1.807) is 23.0 Å². The van der Waals surface area contributed by atoms with Gasteiger partial charge < -0.3 is 0 Å². The second-order valence-electron chi connectivity index (χ2n) is 1.34. The van der Waals surface area contributed by atoms with Gasteiger partial charge in [0.15, 0.2) is 0 Å². The van der Waals surface area contributed by atoms with Crippen molar-refractivity contribution >= 4 is 76.2 Å². The van der Waals surface area contributed by atoms with Crippen LogP contribution in [-0.2, 0) is 0 Å². The van der Waals surface area contributed by atoms with Crippen LogP contribution in [0.25, 0.3) is 0 Å². The molecule has 0 aliphatic carbocycles. The quantitative estimate of drug-likeness (QED) is 0.633. The summed E-state index contributed by atoms with van der Waals surface area (Å²) in [6, 6.07) is 10.3. The van der Waals surface area contributed by atoms with Gasteiger partial charge in [-0.1, -0.05) is 0 Å². The number of rotatable bonds is 0. The van der Waals surface area contributed by atoms with Gasteiger partial charge in [-0.05, 0) is 0 Å². The summed E-state index contributed by atoms with van der Waals surface area (Å²) >= 11 is 1.76. The third-order valence-corrected chi connectivity index (χ3v) is 1.61. The summed E-state index contributed by atoms with van der Waals surface area (Å²) in [7, 11) is 0. The van der Waals surface area contributed by atoms with Crippen LogP contribution in [0.4, 0.5) is 0 Å². The molecule has 0 amide bonds. The minimum atomic E-state index is 0. The molecule has 0 unspecified atom stereocenters. The standard InChI is InChI=1S/C6H5.4ClH.Sb/c1-2-4-6-5-3-1;;;;;/h1-5H;4*1H;. The average molecular weight is 345 g/mol. The summed E-state index contributed by atoms with van der Waals surface area (Å²) in [6.45, 7) is 0. The van der Waals surface area contributed by atoms with E-state index < -0.39 is 0 Å². The summed E-state index contributed by atoms with van der Waals surface area (Å²) in [5.74, 6) is 0. The Bertz CT molecular complexity index is 145. The maximum atomic E-state index is 2.11. The van der Waals surface area contributed by atoms with Crippen LogP contribution < -0.4 is 3.51 Å². The molecule has 0 atom stereocenters. The Hall–Kier alpha value is 1.20. The molecular weight excluding hydrogens is 336 g/mol. The van der Waals surface area contributed by atoms with Gasteiger partial charge in [0.1, 0.15) is 0 Å². The van der Waals surface area contributed by atoms with Gasteiger partial charge in [0.25, 0.3) is 0 Å². The van der Waals surface area contributed by atoms with Crippen molar-refractivity contribution in [3.8, 4) is 0 Å². The fourth-order valence-corrected chi connectivity index (χ4v) is 0.919. The van der Waals surface area contributed by atoms with Crippen LogP contribution in [0.15, 0.2) is 30.3 Å². The van der Waals surface area contributed by atoms with E-state index in [0.29, 0.717) is 0 Å². The third kappa shape index (κ3) is 11.2. The van der Waals surface area contributed by atoms with Crippen LogP contribution in [0, 0.1) is 0 Å². The van der Waals surface area contributed by atoms with Gasteiger partial charge >= 0.3 is 56.9 Å². The molecule has 0 bridgehead atoms. The van der Waals surface area contributed by atoms with Gasteiger partial charge in [-0.25, -0.2) is 0 Å². The van der Waals surface area contributed by atoms with E-state index in [-0.39, 0.29) is 49.6 Å². The summed E-state index contributed by atoms with van der Waals surface area (Å²) in [5, 5.41) is 0. The first kappa shape index (κ1) is 22.8. The van der Waals surface area contributed by atoms with Gasteiger partial charge in [-0.3, -0.25) is 0 Å². The van der Waals surface area contributed by atoms with Crippen LogP contribution in [-0.4, -0.2) is 23.0 Å². The van der Waals surface area contributed by atoms with Gasteiger partial charge in [-0.2, -0.15) is 0 Å². The molecule has 0 N–H and O–H groups in total. The molecule has 0 saturated carbocycles. The Morgan fingerprint density at radius 1 is 0.727 bits per heavy atom. The zero-order valence-electron chi connectivity index (χ0n) is 5.47. The minimum absolute atomic E-state index is 0. The Morgan fingerprint density at radius 2 is 1.09 bits per heavy atom. The molecule has 0 aromatic heterocycles. The Kier molecular flexibility index (Phi) is 28.5. The van der Waals surface area contributed by atoms with Crippen molar-refractivity contribution < 1.29 is 0 Å². The van der Waals surface area contributed by atoms with Gasteiger partial charge in [0.2, 0.25) is 0 Å².